The molecule has 5 heteroatoms. The molecule has 2 aromatic heterocycles. The van der Waals surface area contributed by atoms with E-state index in [1.54, 1.807) is 23.1 Å². The average molecular weight is 340 g/mol. The Bertz CT molecular complexity index is 925. The third-order valence-corrected chi connectivity index (χ3v) is 5.99. The van der Waals surface area contributed by atoms with Crippen LogP contribution >= 0.6 is 23.1 Å². The molecule has 23 heavy (non-hydrogen) atoms. The van der Waals surface area contributed by atoms with E-state index in [9.17, 15) is 4.79 Å². The van der Waals surface area contributed by atoms with Gasteiger partial charge in [-0.05, 0) is 30.4 Å². The zero-order valence-corrected chi connectivity index (χ0v) is 14.2. The van der Waals surface area contributed by atoms with Crippen molar-refractivity contribution in [1.82, 2.24) is 9.97 Å². The van der Waals surface area contributed by atoms with E-state index in [0.29, 0.717) is 5.16 Å². The molecule has 2 heterocycles. The molecule has 0 atom stereocenters. The van der Waals surface area contributed by atoms with Crippen LogP contribution in [0.15, 0.2) is 46.4 Å². The molecule has 0 aliphatic heterocycles. The number of nitrogens with zero attached hydrogens (tertiary/aromatic N) is 1. The Morgan fingerprint density at radius 1 is 1.26 bits per heavy atom. The molecule has 3 aromatic rings. The van der Waals surface area contributed by atoms with E-state index in [4.69, 9.17) is 0 Å². The van der Waals surface area contributed by atoms with Gasteiger partial charge >= 0.3 is 0 Å². The fraction of sp³-hybridized carbons (Fsp3) is 0.222. The van der Waals surface area contributed by atoms with Crippen LogP contribution in [0.1, 0.15) is 22.4 Å². The maximum absolute atomic E-state index is 12.4. The topological polar surface area (TPSA) is 45.8 Å². The normalized spacial score (nSPS) is 13.9. The van der Waals surface area contributed by atoms with Gasteiger partial charge in [-0.15, -0.1) is 11.3 Å². The van der Waals surface area contributed by atoms with E-state index >= 15 is 0 Å². The standard InChI is InChI=1S/C18H16N2OS2/c21-16-15-13-9-4-10-14(13)23-17(15)20-18(19-16)22-11-5-8-12-6-2-1-3-7-12/h1-3,5-8H,4,9-11H2,(H,19,20,21)/b8-5+. The molecule has 1 aliphatic rings. The highest BCUT2D eigenvalue weighted by Crippen LogP contribution is 2.35. The van der Waals surface area contributed by atoms with E-state index in [2.05, 4.69) is 34.3 Å². The van der Waals surface area contributed by atoms with Crippen molar-refractivity contribution >= 4 is 39.4 Å². The Hall–Kier alpha value is -1.85. The van der Waals surface area contributed by atoms with E-state index < -0.39 is 0 Å². The molecule has 1 N–H and O–H groups in total. The SMILES string of the molecule is O=c1[nH]c(SC/C=C/c2ccccc2)nc2sc3c(c12)CCC3. The van der Waals surface area contributed by atoms with Gasteiger partial charge in [-0.25, -0.2) is 4.98 Å². The van der Waals surface area contributed by atoms with Gasteiger partial charge < -0.3 is 4.98 Å². The summed E-state index contributed by atoms with van der Waals surface area (Å²) in [5, 5.41) is 1.53. The zero-order valence-electron chi connectivity index (χ0n) is 12.5. The number of rotatable bonds is 4. The molecule has 116 valence electrons. The van der Waals surface area contributed by atoms with Crippen molar-refractivity contribution in [3.05, 3.63) is 62.8 Å². The molecule has 0 fully saturated rings. The molecule has 0 unspecified atom stereocenters. The van der Waals surface area contributed by atoms with Gasteiger partial charge in [-0.2, -0.15) is 0 Å². The lowest BCUT2D eigenvalue weighted by atomic mass is 10.2. The highest BCUT2D eigenvalue weighted by molar-refractivity contribution is 7.99. The Kier molecular flexibility index (Phi) is 4.06. The van der Waals surface area contributed by atoms with Crippen LogP contribution < -0.4 is 5.56 Å². The van der Waals surface area contributed by atoms with Crippen molar-refractivity contribution in [2.75, 3.05) is 5.75 Å². The number of hydrogen-bond donors (Lipinski definition) is 1. The number of fused-ring (bicyclic) bond motifs is 3. The largest absolute Gasteiger partial charge is 0.301 e. The number of thiophene rings is 1. The second kappa shape index (κ2) is 6.34. The van der Waals surface area contributed by atoms with Crippen LogP contribution in [0.25, 0.3) is 16.3 Å². The predicted octanol–water partition coefficient (Wildman–Crippen LogP) is 4.28. The Labute approximate surface area is 142 Å². The first-order valence-electron chi connectivity index (χ1n) is 7.70. The lowest BCUT2D eigenvalue weighted by Crippen LogP contribution is -2.09. The Morgan fingerprint density at radius 3 is 3.00 bits per heavy atom. The van der Waals surface area contributed by atoms with Gasteiger partial charge in [-0.3, -0.25) is 4.79 Å². The summed E-state index contributed by atoms with van der Waals surface area (Å²) in [5.41, 5.74) is 2.43. The van der Waals surface area contributed by atoms with E-state index in [-0.39, 0.29) is 5.56 Å². The summed E-state index contributed by atoms with van der Waals surface area (Å²) >= 11 is 3.25. The summed E-state index contributed by atoms with van der Waals surface area (Å²) in [6.07, 6.45) is 7.46. The first-order chi connectivity index (χ1) is 11.3. The first kappa shape index (κ1) is 14.7. The maximum Gasteiger partial charge on any atom is 0.260 e. The fourth-order valence-corrected chi connectivity index (χ4v) is 4.92. The molecule has 3 nitrogen and oxygen atoms in total. The second-order valence-electron chi connectivity index (χ2n) is 5.53. The van der Waals surface area contributed by atoms with Gasteiger partial charge in [0.2, 0.25) is 0 Å². The molecule has 1 aliphatic carbocycles. The summed E-state index contributed by atoms with van der Waals surface area (Å²) in [4.78, 5) is 22.2. The minimum Gasteiger partial charge on any atom is -0.301 e. The monoisotopic (exact) mass is 340 g/mol. The number of thioether (sulfide) groups is 1. The highest BCUT2D eigenvalue weighted by atomic mass is 32.2. The number of nitrogens with one attached hydrogen (secondary N) is 1. The summed E-state index contributed by atoms with van der Waals surface area (Å²) in [6.45, 7) is 0. The van der Waals surface area contributed by atoms with Crippen LogP contribution in [0.3, 0.4) is 0 Å². The van der Waals surface area contributed by atoms with Gasteiger partial charge in [0, 0.05) is 10.6 Å². The number of hydrogen-bond acceptors (Lipinski definition) is 4. The Balaban J connectivity index is 1.52. The van der Waals surface area contributed by atoms with Crippen molar-refractivity contribution in [2.45, 2.75) is 24.4 Å². The molecule has 0 bridgehead atoms. The molecule has 4 rings (SSSR count). The zero-order chi connectivity index (χ0) is 15.6. The second-order valence-corrected chi connectivity index (χ2v) is 7.62. The Morgan fingerprint density at radius 2 is 2.13 bits per heavy atom. The number of aryl methyl sites for hydroxylation is 2. The lowest BCUT2D eigenvalue weighted by Gasteiger charge is -1.99. The molecule has 0 spiro atoms. The minimum atomic E-state index is 0.0175. The highest BCUT2D eigenvalue weighted by Gasteiger charge is 2.20. The van der Waals surface area contributed by atoms with Gasteiger partial charge in [0.05, 0.1) is 5.39 Å². The summed E-state index contributed by atoms with van der Waals surface area (Å²) in [7, 11) is 0. The number of aromatic amines is 1. The molecule has 0 saturated heterocycles. The van der Waals surface area contributed by atoms with Gasteiger partial charge in [0.25, 0.3) is 5.56 Å². The predicted molar refractivity (Wildman–Crippen MR) is 98.5 cm³/mol. The van der Waals surface area contributed by atoms with E-state index in [1.807, 2.05) is 18.2 Å². The smallest absolute Gasteiger partial charge is 0.260 e. The van der Waals surface area contributed by atoms with Crippen molar-refractivity contribution in [3.8, 4) is 0 Å². The van der Waals surface area contributed by atoms with Crippen LogP contribution in [0.4, 0.5) is 0 Å². The van der Waals surface area contributed by atoms with Crippen molar-refractivity contribution in [3.63, 3.8) is 0 Å². The third-order valence-electron chi connectivity index (χ3n) is 3.98. The fourth-order valence-electron chi connectivity index (χ4n) is 2.93. The summed E-state index contributed by atoms with van der Waals surface area (Å²) < 4.78 is 0. The first-order valence-corrected chi connectivity index (χ1v) is 9.50. The maximum atomic E-state index is 12.4. The van der Waals surface area contributed by atoms with Gasteiger partial charge in [-0.1, -0.05) is 54.2 Å². The number of benzene rings is 1. The average Bonchev–Trinajstić information content (AvgIpc) is 3.13. The van der Waals surface area contributed by atoms with Gasteiger partial charge in [0.15, 0.2) is 5.16 Å². The molecule has 0 saturated carbocycles. The van der Waals surface area contributed by atoms with E-state index in [0.717, 1.165) is 35.2 Å². The molecule has 0 amide bonds. The number of aromatic nitrogens is 2. The van der Waals surface area contributed by atoms with Crippen LogP contribution in [-0.2, 0) is 12.8 Å². The van der Waals surface area contributed by atoms with Crippen LogP contribution in [0, 0.1) is 0 Å². The van der Waals surface area contributed by atoms with Crippen LogP contribution in [-0.4, -0.2) is 15.7 Å². The molecule has 0 radical (unpaired) electrons. The lowest BCUT2D eigenvalue weighted by molar-refractivity contribution is 0.914. The van der Waals surface area contributed by atoms with Crippen molar-refractivity contribution in [2.24, 2.45) is 0 Å². The molecule has 1 aromatic carbocycles. The van der Waals surface area contributed by atoms with Gasteiger partial charge in [0.1, 0.15) is 4.83 Å². The quantitative estimate of drug-likeness (QED) is 0.569. The molecular weight excluding hydrogens is 324 g/mol. The van der Waals surface area contributed by atoms with Crippen LogP contribution in [0.2, 0.25) is 0 Å². The van der Waals surface area contributed by atoms with E-state index in [1.165, 1.54) is 16.0 Å². The minimum absolute atomic E-state index is 0.0175. The van der Waals surface area contributed by atoms with Crippen molar-refractivity contribution < 1.29 is 0 Å². The van der Waals surface area contributed by atoms with Crippen LogP contribution in [0.5, 0.6) is 0 Å². The molecular formula is C18H16N2OS2. The summed E-state index contributed by atoms with van der Waals surface area (Å²) in [5.74, 6) is 0.786. The van der Waals surface area contributed by atoms with Crippen molar-refractivity contribution in [1.29, 1.82) is 0 Å². The third kappa shape index (κ3) is 2.99. The number of H-pyrrole nitrogens is 1. The summed E-state index contributed by atoms with van der Waals surface area (Å²) in [6, 6.07) is 10.2.